The third kappa shape index (κ3) is 3.16. The highest BCUT2D eigenvalue weighted by molar-refractivity contribution is 5.94. The van der Waals surface area contributed by atoms with Crippen molar-refractivity contribution in [2.45, 2.75) is 52.1 Å². The molecule has 0 aliphatic heterocycles. The van der Waals surface area contributed by atoms with E-state index >= 15 is 0 Å². The maximum Gasteiger partial charge on any atom is 0.251 e. The first-order valence-electron chi connectivity index (χ1n) is 7.77. The van der Waals surface area contributed by atoms with Crippen molar-refractivity contribution in [3.63, 3.8) is 0 Å². The molecular formula is C16H21N5O. The summed E-state index contributed by atoms with van der Waals surface area (Å²) < 4.78 is 1.87. The van der Waals surface area contributed by atoms with Gasteiger partial charge in [-0.2, -0.15) is 0 Å². The van der Waals surface area contributed by atoms with Crippen LogP contribution in [0.1, 0.15) is 59.0 Å². The average Bonchev–Trinajstić information content (AvgIpc) is 3.14. The van der Waals surface area contributed by atoms with Crippen LogP contribution >= 0.6 is 0 Å². The zero-order valence-corrected chi connectivity index (χ0v) is 13.0. The fourth-order valence-corrected chi connectivity index (χ4v) is 3.13. The summed E-state index contributed by atoms with van der Waals surface area (Å²) in [6.07, 6.45) is 4.67. The maximum atomic E-state index is 12.3. The Hall–Kier alpha value is -2.24. The molecule has 1 fully saturated rings. The molecule has 0 spiro atoms. The van der Waals surface area contributed by atoms with Crippen LogP contribution in [0.5, 0.6) is 0 Å². The monoisotopic (exact) mass is 299 g/mol. The first kappa shape index (κ1) is 14.7. The number of aryl methyl sites for hydroxylation is 2. The summed E-state index contributed by atoms with van der Waals surface area (Å²) in [6, 6.07) is 6.21. The van der Waals surface area contributed by atoms with Gasteiger partial charge in [0.15, 0.2) is 5.82 Å². The molecule has 0 atom stereocenters. The van der Waals surface area contributed by atoms with E-state index in [4.69, 9.17) is 0 Å². The lowest BCUT2D eigenvalue weighted by atomic mass is 10.1. The van der Waals surface area contributed by atoms with E-state index in [-0.39, 0.29) is 5.91 Å². The standard InChI is InChI=1S/C16H21N5O/c1-11-7-12(2)9-13(8-11)16(22)17-10-15-18-19-20-21(15)14-5-3-4-6-14/h7-9,14H,3-6,10H2,1-2H3,(H,17,22). The maximum absolute atomic E-state index is 12.3. The zero-order chi connectivity index (χ0) is 15.5. The Morgan fingerprint density at radius 3 is 2.59 bits per heavy atom. The van der Waals surface area contributed by atoms with Gasteiger partial charge in [0.25, 0.3) is 5.91 Å². The molecule has 6 heteroatoms. The van der Waals surface area contributed by atoms with Crippen molar-refractivity contribution in [1.29, 1.82) is 0 Å². The van der Waals surface area contributed by atoms with Crippen LogP contribution < -0.4 is 5.32 Å². The number of carbonyl (C=O) groups excluding carboxylic acids is 1. The Morgan fingerprint density at radius 2 is 1.91 bits per heavy atom. The van der Waals surface area contributed by atoms with Crippen LogP contribution in [-0.4, -0.2) is 26.1 Å². The highest BCUT2D eigenvalue weighted by atomic mass is 16.1. The molecule has 3 rings (SSSR count). The summed E-state index contributed by atoms with van der Waals surface area (Å²) in [5.41, 5.74) is 2.85. The van der Waals surface area contributed by atoms with Gasteiger partial charge in [0.05, 0.1) is 12.6 Å². The molecule has 0 radical (unpaired) electrons. The minimum atomic E-state index is -0.0900. The SMILES string of the molecule is Cc1cc(C)cc(C(=O)NCc2nnnn2C2CCCC2)c1. The molecule has 1 aliphatic rings. The summed E-state index contributed by atoms with van der Waals surface area (Å²) >= 11 is 0. The number of carbonyl (C=O) groups is 1. The molecular weight excluding hydrogens is 278 g/mol. The Kier molecular flexibility index (Phi) is 4.18. The number of nitrogens with zero attached hydrogens (tertiary/aromatic N) is 4. The minimum absolute atomic E-state index is 0.0900. The first-order valence-corrected chi connectivity index (χ1v) is 7.77. The fraction of sp³-hybridized carbons (Fsp3) is 0.500. The van der Waals surface area contributed by atoms with E-state index in [1.54, 1.807) is 0 Å². The Balaban J connectivity index is 1.67. The van der Waals surface area contributed by atoms with E-state index in [1.165, 1.54) is 12.8 Å². The van der Waals surface area contributed by atoms with Crippen LogP contribution in [-0.2, 0) is 6.54 Å². The summed E-state index contributed by atoms with van der Waals surface area (Å²) in [7, 11) is 0. The van der Waals surface area contributed by atoms with Crippen LogP contribution in [0, 0.1) is 13.8 Å². The van der Waals surface area contributed by atoms with Crippen LogP contribution in [0.15, 0.2) is 18.2 Å². The molecule has 0 saturated heterocycles. The average molecular weight is 299 g/mol. The van der Waals surface area contributed by atoms with Gasteiger partial charge in [-0.05, 0) is 49.2 Å². The Labute approximate surface area is 129 Å². The van der Waals surface area contributed by atoms with Crippen molar-refractivity contribution in [3.8, 4) is 0 Å². The first-order chi connectivity index (χ1) is 10.6. The Bertz CT molecular complexity index is 653. The molecule has 2 aromatic rings. The van der Waals surface area contributed by atoms with Gasteiger partial charge in [0.2, 0.25) is 0 Å². The number of nitrogens with one attached hydrogen (secondary N) is 1. The van der Waals surface area contributed by atoms with Gasteiger partial charge in [-0.3, -0.25) is 4.79 Å². The molecule has 22 heavy (non-hydrogen) atoms. The summed E-state index contributed by atoms with van der Waals surface area (Å²) in [5, 5.41) is 14.8. The number of aromatic nitrogens is 4. The van der Waals surface area contributed by atoms with E-state index in [0.29, 0.717) is 18.2 Å². The quantitative estimate of drug-likeness (QED) is 0.940. The van der Waals surface area contributed by atoms with Gasteiger partial charge in [-0.1, -0.05) is 30.0 Å². The van der Waals surface area contributed by atoms with Crippen molar-refractivity contribution >= 4 is 5.91 Å². The fourth-order valence-electron chi connectivity index (χ4n) is 3.13. The van der Waals surface area contributed by atoms with Crippen LogP contribution in [0.3, 0.4) is 0 Å². The molecule has 1 aromatic carbocycles. The van der Waals surface area contributed by atoms with E-state index < -0.39 is 0 Å². The summed E-state index contributed by atoms with van der Waals surface area (Å²) in [4.78, 5) is 12.3. The lowest BCUT2D eigenvalue weighted by molar-refractivity contribution is 0.0949. The highest BCUT2D eigenvalue weighted by Gasteiger charge is 2.21. The number of rotatable bonds is 4. The van der Waals surface area contributed by atoms with E-state index in [2.05, 4.69) is 26.9 Å². The molecule has 116 valence electrons. The van der Waals surface area contributed by atoms with Crippen LogP contribution in [0.25, 0.3) is 0 Å². The lowest BCUT2D eigenvalue weighted by Crippen LogP contribution is -2.25. The molecule has 1 amide bonds. The van der Waals surface area contributed by atoms with E-state index in [0.717, 1.165) is 29.8 Å². The van der Waals surface area contributed by atoms with Crippen LogP contribution in [0.2, 0.25) is 0 Å². The van der Waals surface area contributed by atoms with Crippen molar-refractivity contribution in [2.24, 2.45) is 0 Å². The third-order valence-corrected chi connectivity index (χ3v) is 4.12. The predicted molar refractivity (Wildman–Crippen MR) is 82.4 cm³/mol. The second-order valence-electron chi connectivity index (χ2n) is 6.04. The molecule has 6 nitrogen and oxygen atoms in total. The van der Waals surface area contributed by atoms with Gasteiger partial charge in [-0.15, -0.1) is 5.10 Å². The lowest BCUT2D eigenvalue weighted by Gasteiger charge is -2.12. The van der Waals surface area contributed by atoms with Crippen LogP contribution in [0.4, 0.5) is 0 Å². The Morgan fingerprint density at radius 1 is 1.23 bits per heavy atom. The second kappa shape index (κ2) is 6.25. The van der Waals surface area contributed by atoms with Gasteiger partial charge in [-0.25, -0.2) is 4.68 Å². The number of hydrogen-bond donors (Lipinski definition) is 1. The normalized spacial score (nSPS) is 15.2. The van der Waals surface area contributed by atoms with Crippen molar-refractivity contribution in [3.05, 3.63) is 40.7 Å². The van der Waals surface area contributed by atoms with E-state index in [9.17, 15) is 4.79 Å². The molecule has 1 heterocycles. The predicted octanol–water partition coefficient (Wildman–Crippen LogP) is 2.34. The van der Waals surface area contributed by atoms with Gasteiger partial charge < -0.3 is 5.32 Å². The van der Waals surface area contributed by atoms with Crippen molar-refractivity contribution in [2.75, 3.05) is 0 Å². The molecule has 1 aliphatic carbocycles. The number of benzene rings is 1. The number of hydrogen-bond acceptors (Lipinski definition) is 4. The number of tetrazole rings is 1. The zero-order valence-electron chi connectivity index (χ0n) is 13.0. The molecule has 0 bridgehead atoms. The number of amides is 1. The second-order valence-corrected chi connectivity index (χ2v) is 6.04. The van der Waals surface area contributed by atoms with Crippen molar-refractivity contribution < 1.29 is 4.79 Å². The molecule has 1 aromatic heterocycles. The summed E-state index contributed by atoms with van der Waals surface area (Å²) in [5.74, 6) is 0.636. The highest BCUT2D eigenvalue weighted by Crippen LogP contribution is 2.28. The van der Waals surface area contributed by atoms with Gasteiger partial charge in [0, 0.05) is 5.56 Å². The van der Waals surface area contributed by atoms with Crippen molar-refractivity contribution in [1.82, 2.24) is 25.5 Å². The largest absolute Gasteiger partial charge is 0.345 e. The third-order valence-electron chi connectivity index (χ3n) is 4.12. The van der Waals surface area contributed by atoms with E-state index in [1.807, 2.05) is 30.7 Å². The van der Waals surface area contributed by atoms with Gasteiger partial charge >= 0.3 is 0 Å². The van der Waals surface area contributed by atoms with Gasteiger partial charge in [0.1, 0.15) is 0 Å². The molecule has 1 saturated carbocycles. The molecule has 1 N–H and O–H groups in total. The topological polar surface area (TPSA) is 72.7 Å². The smallest absolute Gasteiger partial charge is 0.251 e. The minimum Gasteiger partial charge on any atom is -0.345 e. The summed E-state index contributed by atoms with van der Waals surface area (Å²) in [6.45, 7) is 4.34. The molecule has 0 unspecified atom stereocenters.